The van der Waals surface area contributed by atoms with Crippen LogP contribution in [0.15, 0.2) is 101 Å². The Labute approximate surface area is 216 Å². The third kappa shape index (κ3) is 5.02. The lowest BCUT2D eigenvalue weighted by molar-refractivity contribution is -0.122. The standard InChI is InChI=1S/C28H18N2O6S/c31-25-23(16-22-13-14-24(36-22)17-5-4-6-18(15-17)27(33)34)26(32)30(28(37)29-25)19-9-11-21(12-10-19)35-20-7-2-1-3-8-20/h1-16H,(H,33,34)(H,29,31,37)/b23-16-. The molecule has 0 bridgehead atoms. The first-order valence-electron chi connectivity index (χ1n) is 11.1. The van der Waals surface area contributed by atoms with E-state index >= 15 is 0 Å². The van der Waals surface area contributed by atoms with Gasteiger partial charge >= 0.3 is 5.97 Å². The predicted molar refractivity (Wildman–Crippen MR) is 140 cm³/mol. The number of amides is 2. The Bertz CT molecular complexity index is 1560. The molecular weight excluding hydrogens is 492 g/mol. The van der Waals surface area contributed by atoms with Crippen LogP contribution in [-0.4, -0.2) is 28.0 Å². The predicted octanol–water partition coefficient (Wildman–Crippen LogP) is 5.27. The summed E-state index contributed by atoms with van der Waals surface area (Å²) in [5, 5.41) is 11.7. The van der Waals surface area contributed by atoms with Crippen molar-refractivity contribution in [3.05, 3.63) is 108 Å². The molecule has 0 radical (unpaired) electrons. The van der Waals surface area contributed by atoms with Gasteiger partial charge in [-0.15, -0.1) is 0 Å². The van der Waals surface area contributed by atoms with Gasteiger partial charge in [0.2, 0.25) is 0 Å². The first-order valence-corrected chi connectivity index (χ1v) is 11.5. The van der Waals surface area contributed by atoms with E-state index in [1.165, 1.54) is 23.1 Å². The molecule has 2 amide bonds. The normalized spacial score (nSPS) is 14.5. The van der Waals surface area contributed by atoms with E-state index in [0.29, 0.717) is 28.5 Å². The van der Waals surface area contributed by atoms with E-state index in [1.54, 1.807) is 48.5 Å². The smallest absolute Gasteiger partial charge is 0.335 e. The second-order valence-electron chi connectivity index (χ2n) is 7.95. The Hall–Kier alpha value is -5.02. The number of hydrogen-bond donors (Lipinski definition) is 2. The molecule has 0 aliphatic carbocycles. The minimum absolute atomic E-state index is 0.0468. The Morgan fingerprint density at radius 1 is 0.919 bits per heavy atom. The molecule has 1 aromatic heterocycles. The number of nitrogens with zero attached hydrogens (tertiary/aromatic N) is 1. The van der Waals surface area contributed by atoms with Gasteiger partial charge in [0, 0.05) is 5.56 Å². The van der Waals surface area contributed by atoms with Crippen LogP contribution < -0.4 is 15.0 Å². The third-order valence-corrected chi connectivity index (χ3v) is 5.77. The van der Waals surface area contributed by atoms with E-state index in [9.17, 15) is 19.5 Å². The average Bonchev–Trinajstić information content (AvgIpc) is 3.37. The van der Waals surface area contributed by atoms with Crippen molar-refractivity contribution < 1.29 is 28.6 Å². The molecule has 8 nitrogen and oxygen atoms in total. The number of nitrogens with one attached hydrogen (secondary N) is 1. The molecule has 182 valence electrons. The van der Waals surface area contributed by atoms with Crippen molar-refractivity contribution in [3.8, 4) is 22.8 Å². The van der Waals surface area contributed by atoms with Gasteiger partial charge in [0.1, 0.15) is 28.6 Å². The van der Waals surface area contributed by atoms with E-state index in [4.69, 9.17) is 21.4 Å². The zero-order valence-electron chi connectivity index (χ0n) is 19.1. The number of carboxylic acids is 1. The second-order valence-corrected chi connectivity index (χ2v) is 8.34. The summed E-state index contributed by atoms with van der Waals surface area (Å²) in [5.41, 5.74) is 0.940. The summed E-state index contributed by atoms with van der Waals surface area (Å²) in [7, 11) is 0. The number of para-hydroxylation sites is 1. The van der Waals surface area contributed by atoms with Crippen molar-refractivity contribution >= 4 is 46.9 Å². The maximum atomic E-state index is 13.3. The summed E-state index contributed by atoms with van der Waals surface area (Å²) < 4.78 is 11.6. The van der Waals surface area contributed by atoms with Crippen LogP contribution >= 0.6 is 12.2 Å². The second kappa shape index (κ2) is 9.92. The number of furan rings is 1. The molecule has 2 heterocycles. The van der Waals surface area contributed by atoms with Crippen LogP contribution in [0.5, 0.6) is 11.5 Å². The van der Waals surface area contributed by atoms with Crippen LogP contribution in [0.1, 0.15) is 16.1 Å². The van der Waals surface area contributed by atoms with Crippen LogP contribution in [-0.2, 0) is 9.59 Å². The molecule has 37 heavy (non-hydrogen) atoms. The van der Waals surface area contributed by atoms with Crippen LogP contribution in [0.3, 0.4) is 0 Å². The Kier molecular flexibility index (Phi) is 6.36. The average molecular weight is 511 g/mol. The monoisotopic (exact) mass is 510 g/mol. The first kappa shape index (κ1) is 23.7. The van der Waals surface area contributed by atoms with Crippen molar-refractivity contribution in [2.45, 2.75) is 0 Å². The largest absolute Gasteiger partial charge is 0.478 e. The molecule has 0 saturated carbocycles. The fourth-order valence-electron chi connectivity index (χ4n) is 3.71. The molecule has 0 atom stereocenters. The molecule has 4 aromatic rings. The highest BCUT2D eigenvalue weighted by molar-refractivity contribution is 7.80. The molecule has 0 unspecified atom stereocenters. The lowest BCUT2D eigenvalue weighted by atomic mass is 10.1. The lowest BCUT2D eigenvalue weighted by Gasteiger charge is -2.28. The van der Waals surface area contributed by atoms with Gasteiger partial charge in [0.05, 0.1) is 11.3 Å². The molecule has 0 spiro atoms. The molecule has 1 aliphatic rings. The maximum Gasteiger partial charge on any atom is 0.335 e. The Morgan fingerprint density at radius 2 is 1.65 bits per heavy atom. The molecule has 1 fully saturated rings. The molecule has 1 aliphatic heterocycles. The van der Waals surface area contributed by atoms with E-state index < -0.39 is 17.8 Å². The number of carbonyl (C=O) groups excluding carboxylic acids is 2. The van der Waals surface area contributed by atoms with Gasteiger partial charge in [0.25, 0.3) is 11.8 Å². The highest BCUT2D eigenvalue weighted by atomic mass is 32.1. The van der Waals surface area contributed by atoms with E-state index in [2.05, 4.69) is 5.32 Å². The quantitative estimate of drug-likeness (QED) is 0.207. The van der Waals surface area contributed by atoms with Crippen molar-refractivity contribution in [3.63, 3.8) is 0 Å². The number of anilines is 1. The van der Waals surface area contributed by atoms with Gasteiger partial charge in [0.15, 0.2) is 5.11 Å². The van der Waals surface area contributed by atoms with Crippen molar-refractivity contribution in [1.82, 2.24) is 5.32 Å². The summed E-state index contributed by atoms with van der Waals surface area (Å²) in [6, 6.07) is 25.5. The summed E-state index contributed by atoms with van der Waals surface area (Å²) in [6.45, 7) is 0. The minimum atomic E-state index is -1.06. The lowest BCUT2D eigenvalue weighted by Crippen LogP contribution is -2.54. The molecular formula is C28H18N2O6S. The molecule has 1 saturated heterocycles. The van der Waals surface area contributed by atoms with Crippen molar-refractivity contribution in [2.75, 3.05) is 4.90 Å². The first-order chi connectivity index (χ1) is 17.9. The molecule has 2 N–H and O–H groups in total. The number of hydrogen-bond acceptors (Lipinski definition) is 6. The van der Waals surface area contributed by atoms with E-state index in [1.807, 2.05) is 30.3 Å². The summed E-state index contributed by atoms with van der Waals surface area (Å²) in [5.74, 6) is -0.452. The van der Waals surface area contributed by atoms with E-state index in [0.717, 1.165) is 0 Å². The van der Waals surface area contributed by atoms with Crippen LogP contribution in [0, 0.1) is 0 Å². The van der Waals surface area contributed by atoms with Gasteiger partial charge in [-0.2, -0.15) is 0 Å². The number of thiocarbonyl (C=S) groups is 1. The number of carboxylic acid groups (broad SMARTS) is 1. The number of carbonyl (C=O) groups is 3. The van der Waals surface area contributed by atoms with Crippen molar-refractivity contribution in [1.29, 1.82) is 0 Å². The van der Waals surface area contributed by atoms with Crippen molar-refractivity contribution in [2.24, 2.45) is 0 Å². The highest BCUT2D eigenvalue weighted by Crippen LogP contribution is 2.28. The Balaban J connectivity index is 1.39. The molecule has 3 aromatic carbocycles. The number of aromatic carboxylic acids is 1. The topological polar surface area (TPSA) is 109 Å². The van der Waals surface area contributed by atoms with Crippen LogP contribution in [0.4, 0.5) is 5.69 Å². The zero-order valence-corrected chi connectivity index (χ0v) is 19.9. The van der Waals surface area contributed by atoms with Gasteiger partial charge in [-0.3, -0.25) is 19.8 Å². The maximum absolute atomic E-state index is 13.3. The minimum Gasteiger partial charge on any atom is -0.478 e. The van der Waals surface area contributed by atoms with Gasteiger partial charge in [-0.25, -0.2) is 4.79 Å². The molecule has 9 heteroatoms. The van der Waals surface area contributed by atoms with Gasteiger partial charge < -0.3 is 14.3 Å². The summed E-state index contributed by atoms with van der Waals surface area (Å²) >= 11 is 5.26. The van der Waals surface area contributed by atoms with Crippen LogP contribution in [0.2, 0.25) is 0 Å². The highest BCUT2D eigenvalue weighted by Gasteiger charge is 2.34. The van der Waals surface area contributed by atoms with E-state index in [-0.39, 0.29) is 22.0 Å². The fourth-order valence-corrected chi connectivity index (χ4v) is 3.99. The van der Waals surface area contributed by atoms with Gasteiger partial charge in [-0.1, -0.05) is 30.3 Å². The number of ether oxygens (including phenoxy) is 1. The summed E-state index contributed by atoms with van der Waals surface area (Å²) in [6.07, 6.45) is 1.32. The third-order valence-electron chi connectivity index (χ3n) is 5.48. The SMILES string of the molecule is O=C1NC(=S)N(c2ccc(Oc3ccccc3)cc2)C(=O)/C1=C\c1ccc(-c2cccc(C(=O)O)c2)o1. The van der Waals surface area contributed by atoms with Gasteiger partial charge in [-0.05, 0) is 79.0 Å². The van der Waals surface area contributed by atoms with Crippen LogP contribution in [0.25, 0.3) is 17.4 Å². The zero-order chi connectivity index (χ0) is 25.9. The Morgan fingerprint density at radius 3 is 2.38 bits per heavy atom. The number of rotatable bonds is 6. The number of benzene rings is 3. The molecule has 5 rings (SSSR count). The fraction of sp³-hybridized carbons (Fsp3) is 0. The summed E-state index contributed by atoms with van der Waals surface area (Å²) in [4.78, 5) is 38.4.